The van der Waals surface area contributed by atoms with E-state index < -0.39 is 20.0 Å². The Bertz CT molecular complexity index is 404. The van der Waals surface area contributed by atoms with Crippen molar-refractivity contribution in [2.45, 2.75) is 36.2 Å². The summed E-state index contributed by atoms with van der Waals surface area (Å²) in [6.07, 6.45) is 2.85. The lowest BCUT2D eigenvalue weighted by atomic mass is 10.7. The van der Waals surface area contributed by atoms with E-state index in [1.807, 2.05) is 0 Å². The monoisotopic (exact) mass is 268 g/mol. The summed E-state index contributed by atoms with van der Waals surface area (Å²) in [6, 6.07) is 0. The summed E-state index contributed by atoms with van der Waals surface area (Å²) >= 11 is 0. The maximum absolute atomic E-state index is 11.4. The van der Waals surface area contributed by atoms with Crippen molar-refractivity contribution in [3.05, 3.63) is 0 Å². The van der Waals surface area contributed by atoms with E-state index in [4.69, 9.17) is 0 Å². The average molecular weight is 268 g/mol. The molecule has 94 valence electrons. The van der Waals surface area contributed by atoms with Gasteiger partial charge in [0, 0.05) is 13.1 Å². The van der Waals surface area contributed by atoms with Crippen LogP contribution >= 0.6 is 0 Å². The lowest BCUT2D eigenvalue weighted by Crippen LogP contribution is -2.37. The highest BCUT2D eigenvalue weighted by atomic mass is 32.2. The van der Waals surface area contributed by atoms with Gasteiger partial charge in [0.05, 0.1) is 10.5 Å². The highest BCUT2D eigenvalue weighted by Crippen LogP contribution is 2.27. The van der Waals surface area contributed by atoms with E-state index in [1.165, 1.54) is 0 Å². The first-order valence-electron chi connectivity index (χ1n) is 5.39. The van der Waals surface area contributed by atoms with E-state index in [0.717, 1.165) is 0 Å². The fraction of sp³-hybridized carbons (Fsp3) is 1.00. The molecule has 2 aliphatic rings. The number of nitrogens with one attached hydrogen (secondary N) is 2. The summed E-state index contributed by atoms with van der Waals surface area (Å²) in [5.41, 5.74) is 0. The van der Waals surface area contributed by atoms with Crippen molar-refractivity contribution in [1.82, 2.24) is 9.44 Å². The molecule has 0 aliphatic heterocycles. The first-order chi connectivity index (χ1) is 7.42. The molecule has 2 N–H and O–H groups in total. The zero-order valence-electron chi connectivity index (χ0n) is 8.85. The molecule has 6 nitrogen and oxygen atoms in total. The quantitative estimate of drug-likeness (QED) is 0.588. The summed E-state index contributed by atoms with van der Waals surface area (Å²) in [7, 11) is -6.39. The lowest BCUT2D eigenvalue weighted by Gasteiger charge is -2.07. The number of hydrogen-bond donors (Lipinski definition) is 2. The van der Waals surface area contributed by atoms with E-state index in [1.54, 1.807) is 0 Å². The molecule has 0 heterocycles. The van der Waals surface area contributed by atoms with Gasteiger partial charge < -0.3 is 0 Å². The largest absolute Gasteiger partial charge is 0.214 e. The molecule has 8 heteroatoms. The number of rotatable bonds is 7. The van der Waals surface area contributed by atoms with Crippen LogP contribution in [0.4, 0.5) is 0 Å². The van der Waals surface area contributed by atoms with Crippen LogP contribution in [-0.2, 0) is 20.0 Å². The molecule has 2 saturated carbocycles. The van der Waals surface area contributed by atoms with Crippen LogP contribution in [0.1, 0.15) is 25.7 Å². The summed E-state index contributed by atoms with van der Waals surface area (Å²) < 4.78 is 50.3. The second kappa shape index (κ2) is 4.25. The second-order valence-corrected chi connectivity index (χ2v) is 8.37. The van der Waals surface area contributed by atoms with Crippen LogP contribution in [0.5, 0.6) is 0 Å². The molecule has 0 amide bonds. The van der Waals surface area contributed by atoms with Crippen molar-refractivity contribution in [2.24, 2.45) is 0 Å². The van der Waals surface area contributed by atoms with Crippen LogP contribution < -0.4 is 9.44 Å². The van der Waals surface area contributed by atoms with E-state index in [9.17, 15) is 16.8 Å². The minimum Gasteiger partial charge on any atom is -0.214 e. The molecule has 0 aromatic rings. The molecule has 2 rings (SSSR count). The fourth-order valence-corrected chi connectivity index (χ4v) is 4.14. The van der Waals surface area contributed by atoms with Gasteiger partial charge in [-0.15, -0.1) is 0 Å². The molecule has 0 bridgehead atoms. The first-order valence-corrected chi connectivity index (χ1v) is 8.48. The second-order valence-electron chi connectivity index (χ2n) is 4.28. The fourth-order valence-electron chi connectivity index (χ4n) is 1.38. The van der Waals surface area contributed by atoms with Gasteiger partial charge in [0.25, 0.3) is 0 Å². The first kappa shape index (κ1) is 12.3. The molecule has 2 aliphatic carbocycles. The Morgan fingerprint density at radius 3 is 1.31 bits per heavy atom. The van der Waals surface area contributed by atoms with E-state index in [2.05, 4.69) is 9.44 Å². The molecule has 0 aromatic carbocycles. The molecular formula is C8H16N2O4S2. The maximum Gasteiger partial charge on any atom is 0.214 e. The third kappa shape index (κ3) is 3.16. The van der Waals surface area contributed by atoms with Crippen molar-refractivity contribution in [1.29, 1.82) is 0 Å². The van der Waals surface area contributed by atoms with Gasteiger partial charge in [0.1, 0.15) is 0 Å². The van der Waals surface area contributed by atoms with Gasteiger partial charge in [0.15, 0.2) is 0 Å². The summed E-state index contributed by atoms with van der Waals surface area (Å²) in [5, 5.41) is -0.514. The molecule has 2 fully saturated rings. The van der Waals surface area contributed by atoms with Gasteiger partial charge in [0.2, 0.25) is 20.0 Å². The minimum atomic E-state index is -3.19. The Labute approximate surface area is 95.9 Å². The molecule has 0 saturated heterocycles. The van der Waals surface area contributed by atoms with Crippen LogP contribution in [0, 0.1) is 0 Å². The summed E-state index contributed by atoms with van der Waals surface area (Å²) in [6.45, 7) is 0.259. The Hall–Kier alpha value is -0.180. The van der Waals surface area contributed by atoms with Crippen molar-refractivity contribution in [3.63, 3.8) is 0 Å². The third-order valence-corrected chi connectivity index (χ3v) is 6.57. The Morgan fingerprint density at radius 2 is 1.06 bits per heavy atom. The molecule has 0 spiro atoms. The van der Waals surface area contributed by atoms with Gasteiger partial charge in [-0.2, -0.15) is 0 Å². The lowest BCUT2D eigenvalue weighted by molar-refractivity contribution is 0.569. The van der Waals surface area contributed by atoms with Crippen molar-refractivity contribution >= 4 is 20.0 Å². The SMILES string of the molecule is O=S(=O)(NCCNS(=O)(=O)C1CC1)C1CC1. The zero-order chi connectivity index (χ0) is 11.8. The molecule has 0 aromatic heterocycles. The van der Waals surface area contributed by atoms with Gasteiger partial charge in [-0.3, -0.25) is 0 Å². The van der Waals surface area contributed by atoms with Crippen LogP contribution in [0.2, 0.25) is 0 Å². The maximum atomic E-state index is 11.4. The van der Waals surface area contributed by atoms with E-state index in [-0.39, 0.29) is 23.6 Å². The topological polar surface area (TPSA) is 92.3 Å². The van der Waals surface area contributed by atoms with Gasteiger partial charge in [-0.05, 0) is 25.7 Å². The van der Waals surface area contributed by atoms with Gasteiger partial charge >= 0.3 is 0 Å². The normalized spacial score (nSPS) is 22.2. The number of sulfonamides is 2. The Morgan fingerprint density at radius 1 is 0.750 bits per heavy atom. The van der Waals surface area contributed by atoms with E-state index in [0.29, 0.717) is 25.7 Å². The average Bonchev–Trinajstić information content (AvgIpc) is 3.06. The van der Waals surface area contributed by atoms with Crippen molar-refractivity contribution in [3.8, 4) is 0 Å². The van der Waals surface area contributed by atoms with E-state index >= 15 is 0 Å². The van der Waals surface area contributed by atoms with Crippen LogP contribution in [-0.4, -0.2) is 40.4 Å². The Kier molecular flexibility index (Phi) is 3.26. The van der Waals surface area contributed by atoms with Crippen LogP contribution in [0.15, 0.2) is 0 Å². The zero-order valence-corrected chi connectivity index (χ0v) is 10.5. The van der Waals surface area contributed by atoms with Crippen molar-refractivity contribution in [2.75, 3.05) is 13.1 Å². The van der Waals surface area contributed by atoms with Gasteiger partial charge in [-0.25, -0.2) is 26.3 Å². The van der Waals surface area contributed by atoms with Crippen LogP contribution in [0.3, 0.4) is 0 Å². The molecule has 0 unspecified atom stereocenters. The predicted molar refractivity (Wildman–Crippen MR) is 59.9 cm³/mol. The smallest absolute Gasteiger partial charge is 0.214 e. The predicted octanol–water partition coefficient (Wildman–Crippen LogP) is -0.850. The van der Waals surface area contributed by atoms with Crippen molar-refractivity contribution < 1.29 is 16.8 Å². The third-order valence-electron chi connectivity index (χ3n) is 2.66. The van der Waals surface area contributed by atoms with Crippen LogP contribution in [0.25, 0.3) is 0 Å². The number of hydrogen-bond acceptors (Lipinski definition) is 4. The summed E-state index contributed by atoms with van der Waals surface area (Å²) in [5.74, 6) is 0. The molecular weight excluding hydrogens is 252 g/mol. The standard InChI is InChI=1S/C8H16N2O4S2/c11-15(12,7-1-2-7)9-5-6-10-16(13,14)8-3-4-8/h7-10H,1-6H2. The highest BCUT2D eigenvalue weighted by Gasteiger charge is 2.36. The minimum absolute atomic E-state index is 0.130. The Balaban J connectivity index is 1.68. The molecule has 0 atom stereocenters. The summed E-state index contributed by atoms with van der Waals surface area (Å²) in [4.78, 5) is 0. The van der Waals surface area contributed by atoms with Gasteiger partial charge in [-0.1, -0.05) is 0 Å². The molecule has 0 radical (unpaired) electrons. The molecule has 16 heavy (non-hydrogen) atoms. The highest BCUT2D eigenvalue weighted by molar-refractivity contribution is 7.90.